The van der Waals surface area contributed by atoms with Crippen LogP contribution in [0.15, 0.2) is 24.3 Å². The Hall–Kier alpha value is -2.08. The molecule has 2 amide bonds. The van der Waals surface area contributed by atoms with Crippen LogP contribution in [0.3, 0.4) is 0 Å². The first-order chi connectivity index (χ1) is 9.02. The van der Waals surface area contributed by atoms with Crippen LogP contribution in [-0.4, -0.2) is 36.7 Å². The van der Waals surface area contributed by atoms with Gasteiger partial charge in [-0.25, -0.2) is 0 Å². The maximum Gasteiger partial charge on any atom is 0.309 e. The summed E-state index contributed by atoms with van der Waals surface area (Å²) in [6.07, 6.45) is -0.682. The Morgan fingerprint density at radius 2 is 1.79 bits per heavy atom. The summed E-state index contributed by atoms with van der Waals surface area (Å²) in [7, 11) is 1.57. The second kappa shape index (κ2) is 7.38. The van der Waals surface area contributed by atoms with E-state index in [0.29, 0.717) is 0 Å². The van der Waals surface area contributed by atoms with E-state index in [0.717, 1.165) is 11.3 Å². The number of carbonyl (C=O) groups is 2. The van der Waals surface area contributed by atoms with Gasteiger partial charge in [0.05, 0.1) is 13.2 Å². The lowest BCUT2D eigenvalue weighted by Gasteiger charge is -2.08. The minimum absolute atomic E-state index is 0.0504. The van der Waals surface area contributed by atoms with Gasteiger partial charge in [0, 0.05) is 13.1 Å². The fraction of sp³-hybridized carbons (Fsp3) is 0.385. The maximum absolute atomic E-state index is 11.4. The van der Waals surface area contributed by atoms with Gasteiger partial charge in [-0.1, -0.05) is 12.1 Å². The number of methoxy groups -OCH3 is 1. The first-order valence-corrected chi connectivity index (χ1v) is 5.90. The van der Waals surface area contributed by atoms with Crippen molar-refractivity contribution in [3.05, 3.63) is 29.8 Å². The van der Waals surface area contributed by atoms with E-state index in [4.69, 9.17) is 9.84 Å². The van der Waals surface area contributed by atoms with Crippen molar-refractivity contribution < 1.29 is 19.4 Å². The number of benzene rings is 1. The zero-order valence-corrected chi connectivity index (χ0v) is 11.0. The summed E-state index contributed by atoms with van der Waals surface area (Å²) < 4.78 is 5.01. The van der Waals surface area contributed by atoms with Crippen LogP contribution >= 0.6 is 0 Å². The van der Waals surface area contributed by atoms with Gasteiger partial charge in [0.1, 0.15) is 5.75 Å². The highest BCUT2D eigenvalue weighted by Gasteiger charge is 2.12. The van der Waals surface area contributed by atoms with E-state index in [1.807, 2.05) is 0 Å². The lowest BCUT2D eigenvalue weighted by Crippen LogP contribution is -2.42. The monoisotopic (exact) mass is 266 g/mol. The molecule has 1 aromatic rings. The average molecular weight is 266 g/mol. The van der Waals surface area contributed by atoms with Crippen LogP contribution in [0.2, 0.25) is 0 Å². The highest BCUT2D eigenvalue weighted by Crippen LogP contribution is 2.10. The summed E-state index contributed by atoms with van der Waals surface area (Å²) in [4.78, 5) is 22.7. The zero-order chi connectivity index (χ0) is 14.3. The van der Waals surface area contributed by atoms with E-state index >= 15 is 0 Å². The molecule has 0 aromatic heterocycles. The van der Waals surface area contributed by atoms with Crippen LogP contribution in [0.25, 0.3) is 0 Å². The smallest absolute Gasteiger partial charge is 0.309 e. The molecule has 0 heterocycles. The van der Waals surface area contributed by atoms with Crippen molar-refractivity contribution in [2.45, 2.75) is 19.6 Å². The molecule has 0 saturated heterocycles. The van der Waals surface area contributed by atoms with Gasteiger partial charge in [0.25, 0.3) is 0 Å². The summed E-state index contributed by atoms with van der Waals surface area (Å²) in [5, 5.41) is 13.8. The summed E-state index contributed by atoms with van der Waals surface area (Å²) in [5.74, 6) is -0.754. The van der Waals surface area contributed by atoms with Crippen molar-refractivity contribution >= 4 is 11.8 Å². The van der Waals surface area contributed by atoms with Gasteiger partial charge in [-0.3, -0.25) is 9.59 Å². The lowest BCUT2D eigenvalue weighted by molar-refractivity contribution is -0.139. The molecule has 0 fully saturated rings. The molecule has 1 unspecified atom stereocenters. The fourth-order valence-electron chi connectivity index (χ4n) is 1.33. The summed E-state index contributed by atoms with van der Waals surface area (Å²) in [6.45, 7) is 1.83. The third-order valence-electron chi connectivity index (χ3n) is 2.38. The van der Waals surface area contributed by atoms with Crippen molar-refractivity contribution in [1.82, 2.24) is 10.6 Å². The third-order valence-corrected chi connectivity index (χ3v) is 2.38. The topological polar surface area (TPSA) is 87.7 Å². The molecule has 104 valence electrons. The van der Waals surface area contributed by atoms with E-state index in [9.17, 15) is 9.59 Å². The Balaban J connectivity index is 2.38. The normalized spacial score (nSPS) is 11.5. The van der Waals surface area contributed by atoms with Crippen molar-refractivity contribution in [2.75, 3.05) is 13.7 Å². The first kappa shape index (κ1) is 15.0. The summed E-state index contributed by atoms with van der Waals surface area (Å²) >= 11 is 0. The predicted molar refractivity (Wildman–Crippen MR) is 69.5 cm³/mol. The average Bonchev–Trinajstić information content (AvgIpc) is 2.42. The predicted octanol–water partition coefficient (Wildman–Crippen LogP) is -0.192. The number of carbonyl (C=O) groups excluding carboxylic acids is 2. The molecule has 6 nitrogen and oxygen atoms in total. The molecule has 0 aliphatic rings. The molecule has 19 heavy (non-hydrogen) atoms. The van der Waals surface area contributed by atoms with Gasteiger partial charge >= 0.3 is 11.8 Å². The molecule has 6 heteroatoms. The van der Waals surface area contributed by atoms with Gasteiger partial charge in [-0.2, -0.15) is 0 Å². The maximum atomic E-state index is 11.4. The highest BCUT2D eigenvalue weighted by atomic mass is 16.5. The van der Waals surface area contributed by atoms with Crippen molar-refractivity contribution in [3.63, 3.8) is 0 Å². The molecule has 1 aromatic carbocycles. The lowest BCUT2D eigenvalue weighted by atomic mass is 10.2. The van der Waals surface area contributed by atoms with E-state index < -0.39 is 17.9 Å². The van der Waals surface area contributed by atoms with Crippen LogP contribution in [0, 0.1) is 0 Å². The minimum Gasteiger partial charge on any atom is -0.497 e. The summed E-state index contributed by atoms with van der Waals surface area (Å²) in [5.41, 5.74) is 0.859. The first-order valence-electron chi connectivity index (χ1n) is 5.90. The van der Waals surface area contributed by atoms with Gasteiger partial charge in [0.2, 0.25) is 0 Å². The number of aliphatic hydroxyl groups excluding tert-OH is 1. The highest BCUT2D eigenvalue weighted by molar-refractivity contribution is 6.35. The van der Waals surface area contributed by atoms with Crippen LogP contribution in [-0.2, 0) is 16.1 Å². The molecule has 3 N–H and O–H groups in total. The van der Waals surface area contributed by atoms with E-state index in [1.54, 1.807) is 31.4 Å². The Kier molecular flexibility index (Phi) is 5.81. The standard InChI is InChI=1S/C13H18N2O4/c1-9(16)7-14-12(17)13(18)15-8-10-3-5-11(19-2)6-4-10/h3-6,9,16H,7-8H2,1-2H3,(H,14,17)(H,15,18). The Morgan fingerprint density at radius 3 is 2.32 bits per heavy atom. The number of hydrogen-bond acceptors (Lipinski definition) is 4. The van der Waals surface area contributed by atoms with Gasteiger partial charge in [-0.15, -0.1) is 0 Å². The van der Waals surface area contributed by atoms with Gasteiger partial charge in [-0.05, 0) is 24.6 Å². The Morgan fingerprint density at radius 1 is 1.21 bits per heavy atom. The van der Waals surface area contributed by atoms with Crippen LogP contribution in [0.1, 0.15) is 12.5 Å². The molecule has 0 saturated carbocycles. The number of nitrogens with one attached hydrogen (secondary N) is 2. The molecule has 0 aliphatic carbocycles. The number of amides is 2. The fourth-order valence-corrected chi connectivity index (χ4v) is 1.33. The molecule has 1 atom stereocenters. The zero-order valence-electron chi connectivity index (χ0n) is 11.0. The molecule has 0 radical (unpaired) electrons. The largest absolute Gasteiger partial charge is 0.497 e. The number of ether oxygens (including phenoxy) is 1. The molecule has 0 aliphatic heterocycles. The van der Waals surface area contributed by atoms with E-state index in [1.165, 1.54) is 6.92 Å². The number of hydrogen-bond donors (Lipinski definition) is 3. The van der Waals surface area contributed by atoms with Crippen molar-refractivity contribution in [3.8, 4) is 5.75 Å². The molecular formula is C13H18N2O4. The van der Waals surface area contributed by atoms with Gasteiger partial charge in [0.15, 0.2) is 0 Å². The second-order valence-electron chi connectivity index (χ2n) is 4.09. The van der Waals surface area contributed by atoms with E-state index in [-0.39, 0.29) is 13.1 Å². The quantitative estimate of drug-likeness (QED) is 0.645. The van der Waals surface area contributed by atoms with Crippen molar-refractivity contribution in [1.29, 1.82) is 0 Å². The number of rotatable bonds is 5. The van der Waals surface area contributed by atoms with Crippen LogP contribution in [0.4, 0.5) is 0 Å². The Bertz CT molecular complexity index is 429. The van der Waals surface area contributed by atoms with Gasteiger partial charge < -0.3 is 20.5 Å². The second-order valence-corrected chi connectivity index (χ2v) is 4.09. The Labute approximate surface area is 111 Å². The SMILES string of the molecule is COc1ccc(CNC(=O)C(=O)NCC(C)O)cc1. The van der Waals surface area contributed by atoms with Crippen LogP contribution < -0.4 is 15.4 Å². The van der Waals surface area contributed by atoms with Crippen LogP contribution in [0.5, 0.6) is 5.75 Å². The molecule has 0 bridgehead atoms. The molecule has 0 spiro atoms. The molecular weight excluding hydrogens is 248 g/mol. The minimum atomic E-state index is -0.755. The van der Waals surface area contributed by atoms with E-state index in [2.05, 4.69) is 10.6 Å². The number of aliphatic hydroxyl groups is 1. The third kappa shape index (κ3) is 5.39. The van der Waals surface area contributed by atoms with Crippen molar-refractivity contribution in [2.24, 2.45) is 0 Å². The summed E-state index contributed by atoms with van der Waals surface area (Å²) in [6, 6.07) is 7.14. The molecule has 1 rings (SSSR count).